The van der Waals surface area contributed by atoms with Crippen LogP contribution >= 0.6 is 0 Å². The SMILES string of the molecule is Cc1cc(-c2nc(-c3cccc(C(F)(F)F)c3)n[nH]2)ccc1N. The summed E-state index contributed by atoms with van der Waals surface area (Å²) >= 11 is 0. The molecule has 0 amide bonds. The van der Waals surface area contributed by atoms with E-state index in [4.69, 9.17) is 5.73 Å². The molecule has 0 radical (unpaired) electrons. The van der Waals surface area contributed by atoms with Crippen molar-refractivity contribution in [3.63, 3.8) is 0 Å². The molecule has 0 unspecified atom stereocenters. The van der Waals surface area contributed by atoms with Crippen molar-refractivity contribution in [2.24, 2.45) is 0 Å². The summed E-state index contributed by atoms with van der Waals surface area (Å²) in [6, 6.07) is 10.3. The molecule has 3 rings (SSSR count). The Labute approximate surface area is 130 Å². The topological polar surface area (TPSA) is 67.6 Å². The summed E-state index contributed by atoms with van der Waals surface area (Å²) in [4.78, 5) is 4.27. The highest BCUT2D eigenvalue weighted by atomic mass is 19.4. The predicted molar refractivity (Wildman–Crippen MR) is 81.4 cm³/mol. The monoisotopic (exact) mass is 318 g/mol. The van der Waals surface area contributed by atoms with Gasteiger partial charge in [0.15, 0.2) is 11.6 Å². The molecule has 7 heteroatoms. The van der Waals surface area contributed by atoms with Crippen LogP contribution in [0.2, 0.25) is 0 Å². The van der Waals surface area contributed by atoms with Crippen LogP contribution in [0.25, 0.3) is 22.8 Å². The molecule has 3 N–H and O–H groups in total. The van der Waals surface area contributed by atoms with E-state index in [1.54, 1.807) is 12.1 Å². The molecule has 0 bridgehead atoms. The lowest BCUT2D eigenvalue weighted by Gasteiger charge is -2.06. The molecular weight excluding hydrogens is 305 g/mol. The van der Waals surface area contributed by atoms with E-state index in [9.17, 15) is 13.2 Å². The lowest BCUT2D eigenvalue weighted by atomic mass is 10.1. The van der Waals surface area contributed by atoms with Crippen molar-refractivity contribution in [2.75, 3.05) is 5.73 Å². The second-order valence-electron chi connectivity index (χ2n) is 5.16. The van der Waals surface area contributed by atoms with E-state index in [0.717, 1.165) is 23.3 Å². The number of H-pyrrole nitrogens is 1. The first-order valence-corrected chi connectivity index (χ1v) is 6.81. The van der Waals surface area contributed by atoms with Gasteiger partial charge in [-0.25, -0.2) is 4.98 Å². The summed E-state index contributed by atoms with van der Waals surface area (Å²) in [7, 11) is 0. The fourth-order valence-electron chi connectivity index (χ4n) is 2.18. The number of aryl methyl sites for hydroxylation is 1. The summed E-state index contributed by atoms with van der Waals surface area (Å²) in [5.74, 6) is 0.682. The minimum atomic E-state index is -4.40. The van der Waals surface area contributed by atoms with Crippen LogP contribution < -0.4 is 5.73 Å². The first kappa shape index (κ1) is 15.1. The molecule has 0 aliphatic heterocycles. The fourth-order valence-corrected chi connectivity index (χ4v) is 2.18. The minimum absolute atomic E-state index is 0.209. The van der Waals surface area contributed by atoms with Gasteiger partial charge in [0.2, 0.25) is 0 Å². The normalized spacial score (nSPS) is 11.7. The second-order valence-corrected chi connectivity index (χ2v) is 5.16. The summed E-state index contributed by atoms with van der Waals surface area (Å²) in [5, 5.41) is 6.75. The Hall–Kier alpha value is -2.83. The van der Waals surface area contributed by atoms with Crippen molar-refractivity contribution in [3.8, 4) is 22.8 Å². The molecule has 2 aromatic carbocycles. The Morgan fingerprint density at radius 3 is 2.52 bits per heavy atom. The zero-order chi connectivity index (χ0) is 16.6. The Bertz CT molecular complexity index is 853. The van der Waals surface area contributed by atoms with Crippen LogP contribution in [0.1, 0.15) is 11.1 Å². The molecule has 3 aromatic rings. The van der Waals surface area contributed by atoms with E-state index in [0.29, 0.717) is 17.1 Å². The number of hydrogen-bond donors (Lipinski definition) is 2. The van der Waals surface area contributed by atoms with Gasteiger partial charge in [0.1, 0.15) is 0 Å². The molecule has 0 fully saturated rings. The number of hydrogen-bond acceptors (Lipinski definition) is 3. The van der Waals surface area contributed by atoms with Gasteiger partial charge in [0.05, 0.1) is 5.56 Å². The minimum Gasteiger partial charge on any atom is -0.399 e. The van der Waals surface area contributed by atoms with Crippen molar-refractivity contribution in [3.05, 3.63) is 53.6 Å². The number of aromatic amines is 1. The zero-order valence-corrected chi connectivity index (χ0v) is 12.1. The van der Waals surface area contributed by atoms with Crippen LogP contribution in [0.15, 0.2) is 42.5 Å². The summed E-state index contributed by atoms with van der Waals surface area (Å²) < 4.78 is 38.3. The first-order valence-electron chi connectivity index (χ1n) is 6.81. The largest absolute Gasteiger partial charge is 0.416 e. The lowest BCUT2D eigenvalue weighted by molar-refractivity contribution is -0.137. The molecule has 0 saturated carbocycles. The maximum atomic E-state index is 12.8. The quantitative estimate of drug-likeness (QED) is 0.701. The van der Waals surface area contributed by atoms with E-state index in [1.807, 2.05) is 13.0 Å². The Morgan fingerprint density at radius 2 is 1.83 bits per heavy atom. The third-order valence-electron chi connectivity index (χ3n) is 3.48. The number of anilines is 1. The van der Waals surface area contributed by atoms with Crippen LogP contribution in [-0.4, -0.2) is 15.2 Å². The number of nitrogens with one attached hydrogen (secondary N) is 1. The standard InChI is InChI=1S/C16H13F3N4/c1-9-7-11(5-6-13(9)20)15-21-14(22-23-15)10-3-2-4-12(8-10)16(17,18)19/h2-8H,20H2,1H3,(H,21,22,23). The van der Waals surface area contributed by atoms with Gasteiger partial charge in [0, 0.05) is 16.8 Å². The number of nitrogens with zero attached hydrogens (tertiary/aromatic N) is 2. The number of halogens is 3. The molecule has 1 aromatic heterocycles. The highest BCUT2D eigenvalue weighted by Crippen LogP contribution is 2.31. The van der Waals surface area contributed by atoms with Gasteiger partial charge in [-0.3, -0.25) is 5.10 Å². The van der Waals surface area contributed by atoms with Crippen LogP contribution in [-0.2, 0) is 6.18 Å². The Balaban J connectivity index is 1.97. The predicted octanol–water partition coefficient (Wildman–Crippen LogP) is 4.05. The van der Waals surface area contributed by atoms with Gasteiger partial charge < -0.3 is 5.73 Å². The van der Waals surface area contributed by atoms with Crippen molar-refractivity contribution in [1.82, 2.24) is 15.2 Å². The summed E-state index contributed by atoms with van der Waals surface area (Å²) in [6.45, 7) is 1.86. The molecule has 23 heavy (non-hydrogen) atoms. The third kappa shape index (κ3) is 3.03. The van der Waals surface area contributed by atoms with Crippen LogP contribution in [0.4, 0.5) is 18.9 Å². The number of alkyl halides is 3. The van der Waals surface area contributed by atoms with Crippen LogP contribution in [0, 0.1) is 6.92 Å². The van der Waals surface area contributed by atoms with Gasteiger partial charge in [-0.1, -0.05) is 12.1 Å². The number of benzene rings is 2. The maximum absolute atomic E-state index is 12.8. The van der Waals surface area contributed by atoms with Crippen molar-refractivity contribution in [2.45, 2.75) is 13.1 Å². The summed E-state index contributed by atoms with van der Waals surface area (Å²) in [5.41, 5.74) is 7.65. The first-order chi connectivity index (χ1) is 10.8. The highest BCUT2D eigenvalue weighted by Gasteiger charge is 2.30. The lowest BCUT2D eigenvalue weighted by Crippen LogP contribution is -2.04. The highest BCUT2D eigenvalue weighted by molar-refractivity contribution is 5.65. The average molecular weight is 318 g/mol. The van der Waals surface area contributed by atoms with E-state index in [-0.39, 0.29) is 5.82 Å². The van der Waals surface area contributed by atoms with E-state index in [2.05, 4.69) is 15.2 Å². The van der Waals surface area contributed by atoms with Crippen molar-refractivity contribution >= 4 is 5.69 Å². The maximum Gasteiger partial charge on any atom is 0.416 e. The Kier molecular flexibility index (Phi) is 3.55. The third-order valence-corrected chi connectivity index (χ3v) is 3.48. The average Bonchev–Trinajstić information content (AvgIpc) is 2.99. The number of aromatic nitrogens is 3. The molecule has 0 saturated heterocycles. The van der Waals surface area contributed by atoms with E-state index >= 15 is 0 Å². The number of nitrogens with two attached hydrogens (primary N) is 1. The van der Waals surface area contributed by atoms with E-state index < -0.39 is 11.7 Å². The number of nitrogen functional groups attached to an aromatic ring is 1. The molecule has 0 spiro atoms. The van der Waals surface area contributed by atoms with Gasteiger partial charge in [-0.2, -0.15) is 18.3 Å². The fraction of sp³-hybridized carbons (Fsp3) is 0.125. The van der Waals surface area contributed by atoms with Gasteiger partial charge in [0.25, 0.3) is 0 Å². The molecule has 1 heterocycles. The smallest absolute Gasteiger partial charge is 0.399 e. The zero-order valence-electron chi connectivity index (χ0n) is 12.1. The summed E-state index contributed by atoms with van der Waals surface area (Å²) in [6.07, 6.45) is -4.40. The van der Waals surface area contributed by atoms with Crippen LogP contribution in [0.5, 0.6) is 0 Å². The van der Waals surface area contributed by atoms with E-state index in [1.165, 1.54) is 12.1 Å². The van der Waals surface area contributed by atoms with Crippen molar-refractivity contribution < 1.29 is 13.2 Å². The van der Waals surface area contributed by atoms with Crippen molar-refractivity contribution in [1.29, 1.82) is 0 Å². The molecule has 4 nitrogen and oxygen atoms in total. The molecule has 0 atom stereocenters. The molecule has 0 aliphatic rings. The molecule has 118 valence electrons. The number of rotatable bonds is 2. The Morgan fingerprint density at radius 1 is 1.04 bits per heavy atom. The van der Waals surface area contributed by atoms with Gasteiger partial charge in [-0.15, -0.1) is 0 Å². The second kappa shape index (κ2) is 5.42. The van der Waals surface area contributed by atoms with Gasteiger partial charge in [-0.05, 0) is 42.8 Å². The van der Waals surface area contributed by atoms with Crippen LogP contribution in [0.3, 0.4) is 0 Å². The van der Waals surface area contributed by atoms with Gasteiger partial charge >= 0.3 is 6.18 Å². The molecular formula is C16H13F3N4. The molecule has 0 aliphatic carbocycles.